The zero-order valence-electron chi connectivity index (χ0n) is 15.7. The second kappa shape index (κ2) is 6.87. The summed E-state index contributed by atoms with van der Waals surface area (Å²) in [4.78, 5) is 22.7. The number of aromatic nitrogens is 3. The van der Waals surface area contributed by atoms with Crippen LogP contribution in [0.15, 0.2) is 89.7 Å². The summed E-state index contributed by atoms with van der Waals surface area (Å²) in [6, 6.07) is 26.8. The SMILES string of the molecule is COc1ccc(-c2cc(-c3ccccc3)nc3nc4ccccc4c(=O)n23)cc1. The lowest BCUT2D eigenvalue weighted by molar-refractivity contribution is 0.415. The molecule has 0 spiro atoms. The molecule has 2 aromatic heterocycles. The van der Waals surface area contributed by atoms with Gasteiger partial charge in [-0.25, -0.2) is 14.4 Å². The molecule has 5 heteroatoms. The van der Waals surface area contributed by atoms with Gasteiger partial charge in [-0.2, -0.15) is 0 Å². The minimum absolute atomic E-state index is 0.136. The summed E-state index contributed by atoms with van der Waals surface area (Å²) < 4.78 is 6.85. The predicted molar refractivity (Wildman–Crippen MR) is 114 cm³/mol. The van der Waals surface area contributed by atoms with E-state index in [1.807, 2.05) is 78.9 Å². The van der Waals surface area contributed by atoms with Gasteiger partial charge in [-0.15, -0.1) is 0 Å². The Balaban J connectivity index is 1.88. The van der Waals surface area contributed by atoms with Crippen LogP contribution in [0.2, 0.25) is 0 Å². The number of nitrogens with zero attached hydrogens (tertiary/aromatic N) is 3. The maximum absolute atomic E-state index is 13.3. The number of benzene rings is 3. The Bertz CT molecular complexity index is 1390. The lowest BCUT2D eigenvalue weighted by atomic mass is 10.1. The Morgan fingerprint density at radius 2 is 1.52 bits per heavy atom. The van der Waals surface area contributed by atoms with Crippen molar-refractivity contribution >= 4 is 16.7 Å². The second-order valence-electron chi connectivity index (χ2n) is 6.69. The van der Waals surface area contributed by atoms with Crippen molar-refractivity contribution in [2.24, 2.45) is 0 Å². The average molecular weight is 379 g/mol. The third-order valence-corrected chi connectivity index (χ3v) is 4.95. The van der Waals surface area contributed by atoms with Gasteiger partial charge in [0.25, 0.3) is 5.56 Å². The van der Waals surface area contributed by atoms with Crippen molar-refractivity contribution in [3.05, 3.63) is 95.3 Å². The van der Waals surface area contributed by atoms with Crippen molar-refractivity contribution in [3.8, 4) is 28.3 Å². The van der Waals surface area contributed by atoms with Crippen LogP contribution in [0.5, 0.6) is 5.75 Å². The fourth-order valence-corrected chi connectivity index (χ4v) is 3.48. The van der Waals surface area contributed by atoms with E-state index in [1.54, 1.807) is 17.6 Å². The van der Waals surface area contributed by atoms with Gasteiger partial charge in [0.2, 0.25) is 5.78 Å². The number of ether oxygens (including phenoxy) is 1. The maximum atomic E-state index is 13.3. The van der Waals surface area contributed by atoms with Crippen molar-refractivity contribution in [2.45, 2.75) is 0 Å². The molecule has 5 aromatic rings. The molecular formula is C24H17N3O2. The standard InChI is InChI=1S/C24H17N3O2/c1-29-18-13-11-17(12-14-18)22-15-21(16-7-3-2-4-8-16)26-24-25-20-10-6-5-9-19(20)23(28)27(22)24/h2-15H,1H3. The van der Waals surface area contributed by atoms with E-state index in [9.17, 15) is 4.79 Å². The monoisotopic (exact) mass is 379 g/mol. The lowest BCUT2D eigenvalue weighted by Crippen LogP contribution is -2.18. The van der Waals surface area contributed by atoms with Gasteiger partial charge >= 0.3 is 0 Å². The van der Waals surface area contributed by atoms with Crippen LogP contribution < -0.4 is 10.3 Å². The summed E-state index contributed by atoms with van der Waals surface area (Å²) in [6.07, 6.45) is 0. The van der Waals surface area contributed by atoms with Crippen LogP contribution in [0.1, 0.15) is 0 Å². The van der Waals surface area contributed by atoms with Crippen molar-refractivity contribution in [1.29, 1.82) is 0 Å². The van der Waals surface area contributed by atoms with Gasteiger partial charge in [0.15, 0.2) is 0 Å². The predicted octanol–water partition coefficient (Wildman–Crippen LogP) is 4.59. The van der Waals surface area contributed by atoms with Gasteiger partial charge < -0.3 is 4.74 Å². The summed E-state index contributed by atoms with van der Waals surface area (Å²) in [7, 11) is 1.63. The van der Waals surface area contributed by atoms with E-state index in [0.29, 0.717) is 16.7 Å². The molecule has 29 heavy (non-hydrogen) atoms. The molecule has 5 rings (SSSR count). The Morgan fingerprint density at radius 3 is 2.28 bits per heavy atom. The van der Waals surface area contributed by atoms with Crippen molar-refractivity contribution in [3.63, 3.8) is 0 Å². The largest absolute Gasteiger partial charge is 0.497 e. The first kappa shape index (κ1) is 17.1. The van der Waals surface area contributed by atoms with E-state index in [-0.39, 0.29) is 5.56 Å². The van der Waals surface area contributed by atoms with Crippen LogP contribution in [0.4, 0.5) is 0 Å². The molecule has 140 valence electrons. The minimum Gasteiger partial charge on any atom is -0.497 e. The fourth-order valence-electron chi connectivity index (χ4n) is 3.48. The third kappa shape index (κ3) is 2.93. The molecule has 0 N–H and O–H groups in total. The summed E-state index contributed by atoms with van der Waals surface area (Å²) in [5, 5.41) is 0.564. The Kier molecular flexibility index (Phi) is 4.06. The molecular weight excluding hydrogens is 362 g/mol. The molecule has 2 heterocycles. The minimum atomic E-state index is -0.136. The van der Waals surface area contributed by atoms with Crippen LogP contribution in [0.3, 0.4) is 0 Å². The quantitative estimate of drug-likeness (QED) is 0.431. The molecule has 0 unspecified atom stereocenters. The second-order valence-corrected chi connectivity index (χ2v) is 6.69. The maximum Gasteiger partial charge on any atom is 0.267 e. The fraction of sp³-hybridized carbons (Fsp3) is 0.0417. The van der Waals surface area contributed by atoms with Crippen molar-refractivity contribution < 1.29 is 4.74 Å². The van der Waals surface area contributed by atoms with Crippen LogP contribution >= 0.6 is 0 Å². The average Bonchev–Trinajstić information content (AvgIpc) is 2.79. The number of hydrogen-bond acceptors (Lipinski definition) is 4. The topological polar surface area (TPSA) is 56.5 Å². The highest BCUT2D eigenvalue weighted by Crippen LogP contribution is 2.27. The number of hydrogen-bond donors (Lipinski definition) is 0. The van der Waals surface area contributed by atoms with Crippen LogP contribution in [0.25, 0.3) is 39.2 Å². The van der Waals surface area contributed by atoms with Gasteiger partial charge in [-0.3, -0.25) is 4.79 Å². The van der Waals surface area contributed by atoms with E-state index < -0.39 is 0 Å². The third-order valence-electron chi connectivity index (χ3n) is 4.95. The van der Waals surface area contributed by atoms with Gasteiger partial charge in [0, 0.05) is 5.56 Å². The Hall–Kier alpha value is -3.99. The smallest absolute Gasteiger partial charge is 0.267 e. The summed E-state index contributed by atoms with van der Waals surface area (Å²) in [6.45, 7) is 0. The number of methoxy groups -OCH3 is 1. The molecule has 0 saturated carbocycles. The highest BCUT2D eigenvalue weighted by molar-refractivity contribution is 5.81. The molecule has 3 aromatic carbocycles. The molecule has 0 aliphatic carbocycles. The summed E-state index contributed by atoms with van der Waals surface area (Å²) in [5.41, 5.74) is 3.85. The van der Waals surface area contributed by atoms with E-state index in [1.165, 1.54) is 0 Å². The Labute approximate surface area is 166 Å². The van der Waals surface area contributed by atoms with Crippen LogP contribution in [-0.2, 0) is 0 Å². The lowest BCUT2D eigenvalue weighted by Gasteiger charge is -2.12. The van der Waals surface area contributed by atoms with Gasteiger partial charge in [-0.1, -0.05) is 42.5 Å². The molecule has 0 amide bonds. The normalized spacial score (nSPS) is 11.1. The molecule has 0 aliphatic heterocycles. The Morgan fingerprint density at radius 1 is 0.793 bits per heavy atom. The summed E-state index contributed by atoms with van der Waals surface area (Å²) in [5.74, 6) is 1.13. The van der Waals surface area contributed by atoms with E-state index in [4.69, 9.17) is 9.72 Å². The first-order chi connectivity index (χ1) is 14.2. The molecule has 0 aliphatic rings. The first-order valence-electron chi connectivity index (χ1n) is 9.27. The first-order valence-corrected chi connectivity index (χ1v) is 9.27. The number of fused-ring (bicyclic) bond motifs is 2. The summed E-state index contributed by atoms with van der Waals surface area (Å²) >= 11 is 0. The highest BCUT2D eigenvalue weighted by atomic mass is 16.5. The van der Waals surface area contributed by atoms with Crippen molar-refractivity contribution in [1.82, 2.24) is 14.4 Å². The highest BCUT2D eigenvalue weighted by Gasteiger charge is 2.14. The molecule has 5 nitrogen and oxygen atoms in total. The molecule has 0 saturated heterocycles. The number of rotatable bonds is 3. The van der Waals surface area contributed by atoms with Gasteiger partial charge in [-0.05, 0) is 48.0 Å². The van der Waals surface area contributed by atoms with E-state index in [2.05, 4.69) is 4.98 Å². The van der Waals surface area contributed by atoms with Crippen LogP contribution in [0, 0.1) is 0 Å². The van der Waals surface area contributed by atoms with E-state index >= 15 is 0 Å². The zero-order valence-corrected chi connectivity index (χ0v) is 15.7. The molecule has 0 fully saturated rings. The molecule has 0 atom stereocenters. The zero-order chi connectivity index (χ0) is 19.8. The van der Waals surface area contributed by atoms with E-state index in [0.717, 1.165) is 28.3 Å². The van der Waals surface area contributed by atoms with Gasteiger partial charge in [0.1, 0.15) is 5.75 Å². The molecule has 0 bridgehead atoms. The van der Waals surface area contributed by atoms with Crippen molar-refractivity contribution in [2.75, 3.05) is 7.11 Å². The molecule has 0 radical (unpaired) electrons. The van der Waals surface area contributed by atoms with Gasteiger partial charge in [0.05, 0.1) is 29.4 Å². The van der Waals surface area contributed by atoms with Crippen LogP contribution in [-0.4, -0.2) is 21.5 Å². The number of para-hydroxylation sites is 1.